The molecule has 0 N–H and O–H groups in total. The van der Waals surface area contributed by atoms with Gasteiger partial charge in [-0.05, 0) is 36.8 Å². The van der Waals surface area contributed by atoms with E-state index in [2.05, 4.69) is 0 Å². The maximum atomic E-state index is 13.4. The van der Waals surface area contributed by atoms with E-state index in [-0.39, 0.29) is 12.3 Å². The maximum absolute atomic E-state index is 13.4. The largest absolute Gasteiger partial charge is 0.496 e. The Morgan fingerprint density at radius 1 is 1.17 bits per heavy atom. The van der Waals surface area contributed by atoms with Crippen LogP contribution in [0, 0.1) is 11.6 Å². The van der Waals surface area contributed by atoms with Gasteiger partial charge in [-0.2, -0.15) is 0 Å². The van der Waals surface area contributed by atoms with E-state index in [4.69, 9.17) is 4.74 Å². The molecule has 0 aliphatic heterocycles. The van der Waals surface area contributed by atoms with E-state index < -0.39 is 11.6 Å². The van der Waals surface area contributed by atoms with Crippen LogP contribution in [0.1, 0.15) is 22.8 Å². The third kappa shape index (κ3) is 2.82. The Morgan fingerprint density at radius 3 is 2.48 bits per heavy atom. The second-order valence-electron chi connectivity index (χ2n) is 5.36. The number of Topliss-reactive ketones (excluding diaryl/α,β-unsaturated/α-hetero) is 1. The number of nitrogens with zero attached hydrogens (tertiary/aromatic N) is 1. The predicted molar refractivity (Wildman–Crippen MR) is 84.0 cm³/mol. The first kappa shape index (κ1) is 15.2. The van der Waals surface area contributed by atoms with E-state index in [0.717, 1.165) is 11.6 Å². The zero-order valence-electron chi connectivity index (χ0n) is 12.8. The number of hydrogen-bond donors (Lipinski definition) is 0. The van der Waals surface area contributed by atoms with E-state index in [1.165, 1.54) is 26.2 Å². The van der Waals surface area contributed by atoms with Gasteiger partial charge in [0.25, 0.3) is 0 Å². The maximum Gasteiger partial charge on any atom is 0.162 e. The lowest BCUT2D eigenvalue weighted by atomic mass is 10.1. The van der Waals surface area contributed by atoms with Gasteiger partial charge >= 0.3 is 0 Å². The van der Waals surface area contributed by atoms with E-state index in [9.17, 15) is 13.6 Å². The van der Waals surface area contributed by atoms with Gasteiger partial charge in [0.2, 0.25) is 0 Å². The van der Waals surface area contributed by atoms with Crippen LogP contribution < -0.4 is 4.74 Å². The molecular weight excluding hydrogens is 300 g/mol. The molecule has 3 nitrogen and oxygen atoms in total. The number of aromatic nitrogens is 1. The number of carbonyl (C=O) groups excluding carboxylic acids is 1. The fourth-order valence-electron chi connectivity index (χ4n) is 2.79. The average molecular weight is 315 g/mol. The SMILES string of the molecule is COc1cccc2c1c(C(C)=O)cn2Cc1cc(F)cc(F)c1. The minimum absolute atomic E-state index is 0.0938. The van der Waals surface area contributed by atoms with Crippen LogP contribution in [-0.4, -0.2) is 17.5 Å². The number of ether oxygens (including phenoxy) is 1. The number of ketones is 1. The summed E-state index contributed by atoms with van der Waals surface area (Å²) in [5.74, 6) is -0.748. The van der Waals surface area contributed by atoms with Gasteiger partial charge in [-0.3, -0.25) is 4.79 Å². The van der Waals surface area contributed by atoms with Crippen molar-refractivity contribution >= 4 is 16.7 Å². The molecule has 0 fully saturated rings. The molecule has 3 rings (SSSR count). The van der Waals surface area contributed by atoms with Gasteiger partial charge in [0.1, 0.15) is 17.4 Å². The Bertz CT molecular complexity index is 879. The number of fused-ring (bicyclic) bond motifs is 1. The minimum atomic E-state index is -0.624. The minimum Gasteiger partial charge on any atom is -0.496 e. The van der Waals surface area contributed by atoms with Crippen molar-refractivity contribution in [3.8, 4) is 5.75 Å². The van der Waals surface area contributed by atoms with Gasteiger partial charge in [-0.25, -0.2) is 8.78 Å². The lowest BCUT2D eigenvalue weighted by molar-refractivity contribution is 0.101. The van der Waals surface area contributed by atoms with Gasteiger partial charge in [0.15, 0.2) is 5.78 Å². The molecule has 0 aliphatic carbocycles. The lowest BCUT2D eigenvalue weighted by Gasteiger charge is -2.07. The summed E-state index contributed by atoms with van der Waals surface area (Å²) in [6.07, 6.45) is 1.69. The lowest BCUT2D eigenvalue weighted by Crippen LogP contribution is -1.99. The van der Waals surface area contributed by atoms with Gasteiger partial charge < -0.3 is 9.30 Å². The quantitative estimate of drug-likeness (QED) is 0.676. The van der Waals surface area contributed by atoms with Crippen LogP contribution in [0.25, 0.3) is 10.9 Å². The van der Waals surface area contributed by atoms with Crippen molar-refractivity contribution < 1.29 is 18.3 Å². The first-order valence-electron chi connectivity index (χ1n) is 7.11. The zero-order chi connectivity index (χ0) is 16.6. The number of carbonyl (C=O) groups is 1. The Balaban J connectivity index is 2.16. The number of hydrogen-bond acceptors (Lipinski definition) is 2. The van der Waals surface area contributed by atoms with Crippen molar-refractivity contribution in [3.05, 3.63) is 65.4 Å². The fourth-order valence-corrected chi connectivity index (χ4v) is 2.79. The standard InChI is InChI=1S/C18H15F2NO2/c1-11(22)15-10-21(9-12-6-13(19)8-14(20)7-12)16-4-3-5-17(23-2)18(15)16/h3-8,10H,9H2,1-2H3. The summed E-state index contributed by atoms with van der Waals surface area (Å²) in [4.78, 5) is 11.9. The molecule has 0 atom stereocenters. The van der Waals surface area contributed by atoms with Gasteiger partial charge in [-0.1, -0.05) is 6.07 Å². The van der Waals surface area contributed by atoms with Crippen molar-refractivity contribution in [2.75, 3.05) is 7.11 Å². The first-order valence-corrected chi connectivity index (χ1v) is 7.11. The molecule has 0 saturated heterocycles. The second-order valence-corrected chi connectivity index (χ2v) is 5.36. The van der Waals surface area contributed by atoms with Crippen LogP contribution in [0.2, 0.25) is 0 Å². The van der Waals surface area contributed by atoms with E-state index in [1.54, 1.807) is 16.8 Å². The van der Waals surface area contributed by atoms with E-state index in [1.807, 2.05) is 12.1 Å². The summed E-state index contributed by atoms with van der Waals surface area (Å²) in [6.45, 7) is 1.74. The normalized spacial score (nSPS) is 11.0. The molecule has 0 aliphatic rings. The molecule has 0 radical (unpaired) electrons. The molecule has 1 heterocycles. The second kappa shape index (κ2) is 5.83. The molecule has 118 valence electrons. The molecule has 2 aromatic carbocycles. The highest BCUT2D eigenvalue weighted by molar-refractivity contribution is 6.09. The third-order valence-electron chi connectivity index (χ3n) is 3.74. The summed E-state index contributed by atoms with van der Waals surface area (Å²) >= 11 is 0. The molecule has 0 saturated carbocycles. The molecule has 0 unspecified atom stereocenters. The van der Waals surface area contributed by atoms with Crippen LogP contribution in [0.5, 0.6) is 5.75 Å². The third-order valence-corrected chi connectivity index (χ3v) is 3.74. The van der Waals surface area contributed by atoms with Crippen LogP contribution in [0.3, 0.4) is 0 Å². The summed E-state index contributed by atoms with van der Waals surface area (Å²) in [5, 5.41) is 0.708. The molecule has 0 spiro atoms. The summed E-state index contributed by atoms with van der Waals surface area (Å²) in [7, 11) is 1.54. The highest BCUT2D eigenvalue weighted by atomic mass is 19.1. The Kier molecular flexibility index (Phi) is 3.86. The highest BCUT2D eigenvalue weighted by Crippen LogP contribution is 2.31. The van der Waals surface area contributed by atoms with Gasteiger partial charge in [0, 0.05) is 24.4 Å². The number of rotatable bonds is 4. The van der Waals surface area contributed by atoms with E-state index in [0.29, 0.717) is 22.3 Å². The molecular formula is C18H15F2NO2. The fraction of sp³-hybridized carbons (Fsp3) is 0.167. The van der Waals surface area contributed by atoms with Crippen LogP contribution in [-0.2, 0) is 6.54 Å². The number of methoxy groups -OCH3 is 1. The summed E-state index contributed by atoms with van der Waals surface area (Å²) in [5.41, 5.74) is 1.78. The zero-order valence-corrected chi connectivity index (χ0v) is 12.8. The van der Waals surface area contributed by atoms with E-state index >= 15 is 0 Å². The molecule has 3 aromatic rings. The summed E-state index contributed by atoms with van der Waals surface area (Å²) < 4.78 is 33.9. The molecule has 1 aromatic heterocycles. The van der Waals surface area contributed by atoms with Crippen molar-refractivity contribution in [2.45, 2.75) is 13.5 Å². The Labute approximate surface area is 132 Å². The van der Waals surface area contributed by atoms with Crippen molar-refractivity contribution in [2.24, 2.45) is 0 Å². The first-order chi connectivity index (χ1) is 11.0. The molecule has 0 bridgehead atoms. The molecule has 5 heteroatoms. The van der Waals surface area contributed by atoms with Crippen LogP contribution in [0.4, 0.5) is 8.78 Å². The molecule has 23 heavy (non-hydrogen) atoms. The van der Waals surface area contributed by atoms with Crippen LogP contribution in [0.15, 0.2) is 42.6 Å². The smallest absolute Gasteiger partial charge is 0.162 e. The van der Waals surface area contributed by atoms with Gasteiger partial charge in [-0.15, -0.1) is 0 Å². The van der Waals surface area contributed by atoms with Crippen molar-refractivity contribution in [1.82, 2.24) is 4.57 Å². The molecule has 0 amide bonds. The highest BCUT2D eigenvalue weighted by Gasteiger charge is 2.16. The Hall–Kier alpha value is -2.69. The number of benzene rings is 2. The Morgan fingerprint density at radius 2 is 1.87 bits per heavy atom. The topological polar surface area (TPSA) is 31.2 Å². The summed E-state index contributed by atoms with van der Waals surface area (Å²) in [6, 6.07) is 8.83. The average Bonchev–Trinajstić information content (AvgIpc) is 2.85. The van der Waals surface area contributed by atoms with Crippen LogP contribution >= 0.6 is 0 Å². The number of halogens is 2. The predicted octanol–water partition coefficient (Wildman–Crippen LogP) is 4.18. The van der Waals surface area contributed by atoms with Crippen molar-refractivity contribution in [3.63, 3.8) is 0 Å². The van der Waals surface area contributed by atoms with Crippen molar-refractivity contribution in [1.29, 1.82) is 0 Å². The monoisotopic (exact) mass is 315 g/mol. The van der Waals surface area contributed by atoms with Gasteiger partial charge in [0.05, 0.1) is 18.0 Å².